The van der Waals surface area contributed by atoms with Crippen LogP contribution in [0.15, 0.2) is 36.7 Å². The van der Waals surface area contributed by atoms with E-state index < -0.39 is 23.4 Å². The Hall–Kier alpha value is -4.02. The smallest absolute Gasteiger partial charge is 0.259 e. The fraction of sp³-hybridized carbons (Fsp3) is 0.200. The molecule has 0 saturated heterocycles. The van der Waals surface area contributed by atoms with E-state index in [2.05, 4.69) is 15.5 Å². The number of hydrogen-bond acceptors (Lipinski definition) is 6. The number of benzene rings is 2. The predicted octanol–water partition coefficient (Wildman–Crippen LogP) is 2.19. The maximum absolute atomic E-state index is 14.4. The second kappa shape index (κ2) is 7.35. The molecule has 0 radical (unpaired) electrons. The molecule has 1 N–H and O–H groups in total. The van der Waals surface area contributed by atoms with Crippen LogP contribution in [0.25, 0.3) is 0 Å². The molecule has 0 unspecified atom stereocenters. The lowest BCUT2D eigenvalue weighted by molar-refractivity contribution is 0.0702. The average molecular weight is 427 g/mol. The van der Waals surface area contributed by atoms with Gasteiger partial charge in [0.2, 0.25) is 6.79 Å². The first-order valence-corrected chi connectivity index (χ1v) is 9.36. The summed E-state index contributed by atoms with van der Waals surface area (Å²) in [6.07, 6.45) is 1.55. The number of carbonyl (C=O) groups excluding carboxylic acids is 2. The summed E-state index contributed by atoms with van der Waals surface area (Å²) in [6.45, 7) is 0.884. The molecule has 0 atom stereocenters. The van der Waals surface area contributed by atoms with Gasteiger partial charge in [-0.2, -0.15) is 0 Å². The molecule has 0 fully saturated rings. The van der Waals surface area contributed by atoms with Crippen LogP contribution in [0.4, 0.5) is 14.5 Å². The van der Waals surface area contributed by atoms with Crippen molar-refractivity contribution >= 4 is 17.5 Å². The number of nitrogens with one attached hydrogen (secondary N) is 1. The molecule has 3 heterocycles. The number of ether oxygens (including phenoxy) is 2. The molecule has 5 rings (SSSR count). The SMILES string of the molecule is O=C(Nc1cc(C(=O)N2CCn3cnnc3C2)c(F)cc1F)c1cccc2c1OCO2. The van der Waals surface area contributed by atoms with Crippen LogP contribution in [0.2, 0.25) is 0 Å². The third-order valence-electron chi connectivity index (χ3n) is 5.10. The van der Waals surface area contributed by atoms with Crippen molar-refractivity contribution < 1.29 is 27.8 Å². The molecular formula is C20H15F2N5O4. The average Bonchev–Trinajstić information content (AvgIpc) is 3.43. The third-order valence-corrected chi connectivity index (χ3v) is 5.10. The van der Waals surface area contributed by atoms with Crippen LogP contribution in [0, 0.1) is 11.6 Å². The summed E-state index contributed by atoms with van der Waals surface area (Å²) in [5.41, 5.74) is -0.559. The van der Waals surface area contributed by atoms with Crippen LogP contribution in [-0.4, -0.2) is 44.8 Å². The molecule has 0 saturated carbocycles. The predicted molar refractivity (Wildman–Crippen MR) is 102 cm³/mol. The summed E-state index contributed by atoms with van der Waals surface area (Å²) < 4.78 is 41.1. The molecule has 0 spiro atoms. The lowest BCUT2D eigenvalue weighted by Crippen LogP contribution is -2.38. The number of aromatic nitrogens is 3. The van der Waals surface area contributed by atoms with E-state index in [-0.39, 0.29) is 35.9 Å². The highest BCUT2D eigenvalue weighted by Gasteiger charge is 2.27. The van der Waals surface area contributed by atoms with E-state index in [0.29, 0.717) is 30.7 Å². The van der Waals surface area contributed by atoms with Crippen molar-refractivity contribution in [2.24, 2.45) is 0 Å². The number of carbonyl (C=O) groups is 2. The lowest BCUT2D eigenvalue weighted by Gasteiger charge is -2.27. The van der Waals surface area contributed by atoms with Crippen molar-refractivity contribution in [3.8, 4) is 11.5 Å². The number of anilines is 1. The van der Waals surface area contributed by atoms with Gasteiger partial charge in [0.1, 0.15) is 18.0 Å². The summed E-state index contributed by atoms with van der Waals surface area (Å²) in [6, 6.07) is 6.27. The van der Waals surface area contributed by atoms with E-state index in [9.17, 15) is 18.4 Å². The van der Waals surface area contributed by atoms with Gasteiger partial charge in [-0.25, -0.2) is 8.78 Å². The number of nitrogens with zero attached hydrogens (tertiary/aromatic N) is 4. The molecule has 2 amide bonds. The minimum absolute atomic E-state index is 0.0349. The third kappa shape index (κ3) is 3.33. The van der Waals surface area contributed by atoms with Crippen LogP contribution in [0.3, 0.4) is 0 Å². The largest absolute Gasteiger partial charge is 0.454 e. The molecule has 31 heavy (non-hydrogen) atoms. The van der Waals surface area contributed by atoms with Gasteiger partial charge in [-0.15, -0.1) is 10.2 Å². The van der Waals surface area contributed by atoms with Gasteiger partial charge in [-0.05, 0) is 18.2 Å². The van der Waals surface area contributed by atoms with Gasteiger partial charge in [0.15, 0.2) is 17.3 Å². The Balaban J connectivity index is 1.41. The maximum Gasteiger partial charge on any atom is 0.259 e. The second-order valence-corrected chi connectivity index (χ2v) is 6.97. The Kier molecular flexibility index (Phi) is 4.50. The van der Waals surface area contributed by atoms with E-state index in [0.717, 1.165) is 6.07 Å². The molecule has 11 heteroatoms. The molecular weight excluding hydrogens is 412 g/mol. The Bertz CT molecular complexity index is 1210. The van der Waals surface area contributed by atoms with Crippen LogP contribution < -0.4 is 14.8 Å². The summed E-state index contributed by atoms with van der Waals surface area (Å²) in [5, 5.41) is 10.1. The van der Waals surface area contributed by atoms with Gasteiger partial charge in [0, 0.05) is 19.2 Å². The number of hydrogen-bond donors (Lipinski definition) is 1. The standard InChI is InChI=1S/C20H15F2N5O4/c21-13-7-14(22)15(24-19(28)11-2-1-3-16-18(11)31-10-30-16)6-12(13)20(29)26-4-5-27-9-23-25-17(27)8-26/h1-3,6-7,9H,4-5,8,10H2,(H,24,28). The minimum atomic E-state index is -1.02. The maximum atomic E-state index is 14.4. The molecule has 2 aliphatic heterocycles. The molecule has 9 nitrogen and oxygen atoms in total. The van der Waals surface area contributed by atoms with Crippen molar-refractivity contribution in [3.05, 3.63) is 65.2 Å². The molecule has 3 aromatic rings. The van der Waals surface area contributed by atoms with Crippen molar-refractivity contribution in [2.75, 3.05) is 18.7 Å². The van der Waals surface area contributed by atoms with Gasteiger partial charge in [0.25, 0.3) is 11.8 Å². The van der Waals surface area contributed by atoms with Crippen LogP contribution in [-0.2, 0) is 13.1 Å². The quantitative estimate of drug-likeness (QED) is 0.688. The van der Waals surface area contributed by atoms with E-state index in [1.807, 2.05) is 0 Å². The van der Waals surface area contributed by atoms with Crippen molar-refractivity contribution in [1.29, 1.82) is 0 Å². The molecule has 158 valence electrons. The summed E-state index contributed by atoms with van der Waals surface area (Å²) in [7, 11) is 0. The van der Waals surface area contributed by atoms with E-state index in [1.165, 1.54) is 11.0 Å². The summed E-state index contributed by atoms with van der Waals surface area (Å²) >= 11 is 0. The molecule has 2 aromatic carbocycles. The Morgan fingerprint density at radius 2 is 1.94 bits per heavy atom. The first kappa shape index (κ1) is 19.0. The van der Waals surface area contributed by atoms with Gasteiger partial charge < -0.3 is 24.3 Å². The topological polar surface area (TPSA) is 98.6 Å². The second-order valence-electron chi connectivity index (χ2n) is 6.97. The highest BCUT2D eigenvalue weighted by molar-refractivity contribution is 6.07. The van der Waals surface area contributed by atoms with Crippen LogP contribution >= 0.6 is 0 Å². The van der Waals surface area contributed by atoms with Gasteiger partial charge in [0.05, 0.1) is 23.4 Å². The fourth-order valence-electron chi connectivity index (χ4n) is 3.52. The van der Waals surface area contributed by atoms with E-state index in [1.54, 1.807) is 23.0 Å². The molecule has 0 bridgehead atoms. The molecule has 0 aliphatic carbocycles. The summed E-state index contributed by atoms with van der Waals surface area (Å²) in [5.74, 6) is -2.17. The van der Waals surface area contributed by atoms with Crippen molar-refractivity contribution in [1.82, 2.24) is 19.7 Å². The normalized spacial score (nSPS) is 14.3. The number of halogens is 2. The number of rotatable bonds is 3. The monoisotopic (exact) mass is 427 g/mol. The Labute approximate surface area is 174 Å². The molecule has 2 aliphatic rings. The Morgan fingerprint density at radius 1 is 1.06 bits per heavy atom. The highest BCUT2D eigenvalue weighted by Crippen LogP contribution is 2.35. The van der Waals surface area contributed by atoms with Crippen LogP contribution in [0.1, 0.15) is 26.5 Å². The van der Waals surface area contributed by atoms with Crippen molar-refractivity contribution in [3.63, 3.8) is 0 Å². The van der Waals surface area contributed by atoms with Gasteiger partial charge in [-0.3, -0.25) is 9.59 Å². The number of fused-ring (bicyclic) bond motifs is 2. The van der Waals surface area contributed by atoms with E-state index >= 15 is 0 Å². The number of amides is 2. The van der Waals surface area contributed by atoms with Crippen molar-refractivity contribution in [2.45, 2.75) is 13.1 Å². The zero-order valence-corrected chi connectivity index (χ0v) is 16.0. The zero-order valence-electron chi connectivity index (χ0n) is 16.0. The van der Waals surface area contributed by atoms with Gasteiger partial charge in [-0.1, -0.05) is 6.07 Å². The molecule has 1 aromatic heterocycles. The van der Waals surface area contributed by atoms with E-state index in [4.69, 9.17) is 9.47 Å². The first-order valence-electron chi connectivity index (χ1n) is 9.36. The summed E-state index contributed by atoms with van der Waals surface area (Å²) in [4.78, 5) is 27.0. The number of para-hydroxylation sites is 1. The first-order chi connectivity index (χ1) is 15.0. The fourth-order valence-corrected chi connectivity index (χ4v) is 3.52. The highest BCUT2D eigenvalue weighted by atomic mass is 19.1. The zero-order chi connectivity index (χ0) is 21.5. The lowest BCUT2D eigenvalue weighted by atomic mass is 10.1. The Morgan fingerprint density at radius 3 is 2.81 bits per heavy atom. The minimum Gasteiger partial charge on any atom is -0.454 e. The van der Waals surface area contributed by atoms with Gasteiger partial charge >= 0.3 is 0 Å². The van der Waals surface area contributed by atoms with Crippen LogP contribution in [0.5, 0.6) is 11.5 Å².